The summed E-state index contributed by atoms with van der Waals surface area (Å²) in [5.41, 5.74) is 3.40. The molecule has 0 radical (unpaired) electrons. The lowest BCUT2D eigenvalue weighted by molar-refractivity contribution is -0.115. The van der Waals surface area contributed by atoms with Gasteiger partial charge in [0.15, 0.2) is 0 Å². The number of carbonyl (C=O) groups excluding carboxylic acids is 1. The van der Waals surface area contributed by atoms with Crippen molar-refractivity contribution in [3.05, 3.63) is 77.4 Å². The molecule has 0 atom stereocenters. The molecular weight excluding hydrogens is 440 g/mol. The van der Waals surface area contributed by atoms with E-state index in [2.05, 4.69) is 10.0 Å². The molecule has 0 saturated heterocycles. The summed E-state index contributed by atoms with van der Waals surface area (Å²) in [5, 5.41) is 2.80. The molecule has 3 aromatic rings. The van der Waals surface area contributed by atoms with Crippen molar-refractivity contribution in [3.8, 4) is 11.5 Å². The molecule has 4 rings (SSSR count). The first kappa shape index (κ1) is 22.7. The fourth-order valence-electron chi connectivity index (χ4n) is 3.70. The van der Waals surface area contributed by atoms with Crippen molar-refractivity contribution in [2.75, 3.05) is 23.3 Å². The van der Waals surface area contributed by atoms with E-state index in [0.29, 0.717) is 35.9 Å². The molecule has 0 aliphatic carbocycles. The molecule has 33 heavy (non-hydrogen) atoms. The van der Waals surface area contributed by atoms with Crippen LogP contribution in [0.2, 0.25) is 0 Å². The second-order valence-corrected chi connectivity index (χ2v) is 9.46. The van der Waals surface area contributed by atoms with Crippen LogP contribution in [0.4, 0.5) is 11.4 Å². The maximum Gasteiger partial charge on any atom is 0.262 e. The molecule has 0 aromatic heterocycles. The monoisotopic (exact) mass is 466 g/mol. The predicted molar refractivity (Wildman–Crippen MR) is 128 cm³/mol. The number of hydrogen-bond donors (Lipinski definition) is 2. The summed E-state index contributed by atoms with van der Waals surface area (Å²) in [5.74, 6) is 1.31. The van der Waals surface area contributed by atoms with Crippen LogP contribution in [0, 0.1) is 6.92 Å². The topological polar surface area (TPSA) is 93.7 Å². The zero-order valence-electron chi connectivity index (χ0n) is 18.6. The minimum absolute atomic E-state index is 0.101. The van der Waals surface area contributed by atoms with Gasteiger partial charge in [0.25, 0.3) is 10.0 Å². The van der Waals surface area contributed by atoms with Crippen molar-refractivity contribution in [2.24, 2.45) is 0 Å². The van der Waals surface area contributed by atoms with Gasteiger partial charge >= 0.3 is 0 Å². The Morgan fingerprint density at radius 1 is 1.03 bits per heavy atom. The van der Waals surface area contributed by atoms with Crippen molar-refractivity contribution in [3.63, 3.8) is 0 Å². The van der Waals surface area contributed by atoms with Crippen LogP contribution < -0.4 is 19.5 Å². The maximum atomic E-state index is 13.0. The fourth-order valence-corrected chi connectivity index (χ4v) is 5.03. The largest absolute Gasteiger partial charge is 0.494 e. The maximum absolute atomic E-state index is 13.0. The summed E-state index contributed by atoms with van der Waals surface area (Å²) >= 11 is 0. The number of ether oxygens (including phenoxy) is 2. The molecule has 1 aliphatic heterocycles. The van der Waals surface area contributed by atoms with E-state index in [9.17, 15) is 13.2 Å². The van der Waals surface area contributed by atoms with Gasteiger partial charge in [-0.1, -0.05) is 18.2 Å². The van der Waals surface area contributed by atoms with E-state index in [1.54, 1.807) is 43.3 Å². The molecule has 3 aromatic carbocycles. The van der Waals surface area contributed by atoms with Crippen LogP contribution >= 0.6 is 0 Å². The van der Waals surface area contributed by atoms with Gasteiger partial charge in [-0.05, 0) is 73.0 Å². The van der Waals surface area contributed by atoms with Crippen LogP contribution in [-0.2, 0) is 27.7 Å². The number of sulfonamides is 1. The lowest BCUT2D eigenvalue weighted by Gasteiger charge is -2.13. The van der Waals surface area contributed by atoms with Crippen molar-refractivity contribution in [1.82, 2.24) is 0 Å². The Morgan fingerprint density at radius 3 is 2.55 bits per heavy atom. The summed E-state index contributed by atoms with van der Waals surface area (Å²) < 4.78 is 39.5. The summed E-state index contributed by atoms with van der Waals surface area (Å²) in [6.45, 7) is 4.79. The molecule has 1 heterocycles. The van der Waals surface area contributed by atoms with Gasteiger partial charge < -0.3 is 14.8 Å². The second kappa shape index (κ2) is 9.54. The standard InChI is InChI=1S/C25H26N2O5S/c1-3-31-22-9-7-20(8-10-22)27-33(29,30)24-16-21(6-4-17(24)2)26-25(28)15-18-5-11-23-19(14-18)12-13-32-23/h4-11,14,16,27H,3,12-13,15H2,1-2H3,(H,26,28). The SMILES string of the molecule is CCOc1ccc(NS(=O)(=O)c2cc(NC(=O)Cc3ccc4c(c3)CCO4)ccc2C)cc1. The second-order valence-electron chi connectivity index (χ2n) is 7.81. The number of aryl methyl sites for hydroxylation is 1. The number of carbonyl (C=O) groups is 1. The molecule has 0 bridgehead atoms. The third-order valence-electron chi connectivity index (χ3n) is 5.30. The first-order valence-corrected chi connectivity index (χ1v) is 12.2. The highest BCUT2D eigenvalue weighted by molar-refractivity contribution is 7.92. The van der Waals surface area contributed by atoms with Gasteiger partial charge in [0.05, 0.1) is 24.5 Å². The van der Waals surface area contributed by atoms with E-state index in [0.717, 1.165) is 23.3 Å². The van der Waals surface area contributed by atoms with Crippen LogP contribution in [-0.4, -0.2) is 27.5 Å². The average molecular weight is 467 g/mol. The summed E-state index contributed by atoms with van der Waals surface area (Å²) in [6.07, 6.45) is 1.03. The lowest BCUT2D eigenvalue weighted by atomic mass is 10.1. The molecule has 0 fully saturated rings. The van der Waals surface area contributed by atoms with Gasteiger partial charge in [0.1, 0.15) is 11.5 Å². The Labute approximate surface area is 193 Å². The van der Waals surface area contributed by atoms with E-state index in [1.807, 2.05) is 25.1 Å². The summed E-state index contributed by atoms with van der Waals surface area (Å²) in [7, 11) is -3.85. The zero-order chi connectivity index (χ0) is 23.4. The first-order chi connectivity index (χ1) is 15.8. The van der Waals surface area contributed by atoms with Gasteiger partial charge in [-0.15, -0.1) is 0 Å². The van der Waals surface area contributed by atoms with E-state index in [-0.39, 0.29) is 17.2 Å². The van der Waals surface area contributed by atoms with Crippen molar-refractivity contribution < 1.29 is 22.7 Å². The molecule has 0 saturated carbocycles. The smallest absolute Gasteiger partial charge is 0.262 e. The van der Waals surface area contributed by atoms with Crippen LogP contribution in [0.5, 0.6) is 11.5 Å². The van der Waals surface area contributed by atoms with Crippen LogP contribution in [0.1, 0.15) is 23.6 Å². The van der Waals surface area contributed by atoms with Crippen molar-refractivity contribution in [2.45, 2.75) is 31.6 Å². The summed E-state index contributed by atoms with van der Waals surface area (Å²) in [6, 6.07) is 17.3. The van der Waals surface area contributed by atoms with Gasteiger partial charge in [-0.25, -0.2) is 8.42 Å². The molecule has 2 N–H and O–H groups in total. The van der Waals surface area contributed by atoms with Crippen molar-refractivity contribution >= 4 is 27.3 Å². The number of benzene rings is 3. The number of amides is 1. The Hall–Kier alpha value is -3.52. The Kier molecular flexibility index (Phi) is 6.55. The lowest BCUT2D eigenvalue weighted by Crippen LogP contribution is -2.17. The highest BCUT2D eigenvalue weighted by Crippen LogP contribution is 2.27. The number of rotatable bonds is 8. The number of fused-ring (bicyclic) bond motifs is 1. The van der Waals surface area contributed by atoms with Crippen LogP contribution in [0.15, 0.2) is 65.6 Å². The Bertz CT molecular complexity index is 1270. The molecule has 1 aliphatic rings. The molecule has 172 valence electrons. The number of anilines is 2. The fraction of sp³-hybridized carbons (Fsp3) is 0.240. The third-order valence-corrected chi connectivity index (χ3v) is 6.82. The van der Waals surface area contributed by atoms with Crippen molar-refractivity contribution in [1.29, 1.82) is 0 Å². The van der Waals surface area contributed by atoms with Crippen LogP contribution in [0.3, 0.4) is 0 Å². The third kappa shape index (κ3) is 5.46. The Morgan fingerprint density at radius 2 is 1.79 bits per heavy atom. The van der Waals surface area contributed by atoms with Gasteiger partial charge in [-0.3, -0.25) is 9.52 Å². The predicted octanol–water partition coefficient (Wildman–Crippen LogP) is 4.31. The van der Waals surface area contributed by atoms with Gasteiger partial charge in [0.2, 0.25) is 5.91 Å². The minimum Gasteiger partial charge on any atom is -0.494 e. The van der Waals surface area contributed by atoms with E-state index >= 15 is 0 Å². The Balaban J connectivity index is 1.46. The molecular formula is C25H26N2O5S. The van der Waals surface area contributed by atoms with E-state index in [1.165, 1.54) is 6.07 Å². The number of hydrogen-bond acceptors (Lipinski definition) is 5. The first-order valence-electron chi connectivity index (χ1n) is 10.7. The molecule has 7 nitrogen and oxygen atoms in total. The number of nitrogens with one attached hydrogen (secondary N) is 2. The van der Waals surface area contributed by atoms with Gasteiger partial charge in [-0.2, -0.15) is 0 Å². The van der Waals surface area contributed by atoms with Crippen LogP contribution in [0.25, 0.3) is 0 Å². The van der Waals surface area contributed by atoms with E-state index in [4.69, 9.17) is 9.47 Å². The van der Waals surface area contributed by atoms with Gasteiger partial charge in [0, 0.05) is 17.8 Å². The minimum atomic E-state index is -3.85. The summed E-state index contributed by atoms with van der Waals surface area (Å²) in [4.78, 5) is 12.7. The molecule has 0 unspecified atom stereocenters. The molecule has 1 amide bonds. The normalized spacial score (nSPS) is 12.5. The average Bonchev–Trinajstić information content (AvgIpc) is 3.24. The highest BCUT2D eigenvalue weighted by Gasteiger charge is 2.19. The molecule has 8 heteroatoms. The zero-order valence-corrected chi connectivity index (χ0v) is 19.4. The molecule has 0 spiro atoms. The highest BCUT2D eigenvalue weighted by atomic mass is 32.2. The quantitative estimate of drug-likeness (QED) is 0.516. The van der Waals surface area contributed by atoms with E-state index < -0.39 is 10.0 Å².